The summed E-state index contributed by atoms with van der Waals surface area (Å²) >= 11 is 6.11. The van der Waals surface area contributed by atoms with Crippen molar-refractivity contribution in [3.05, 3.63) is 112 Å². The van der Waals surface area contributed by atoms with Crippen molar-refractivity contribution in [3.8, 4) is 5.75 Å². The summed E-state index contributed by atoms with van der Waals surface area (Å²) in [6.07, 6.45) is 1.43. The second-order valence-electron chi connectivity index (χ2n) is 8.84. The number of barbiturate groups is 1. The van der Waals surface area contributed by atoms with E-state index in [1.807, 2.05) is 42.5 Å². The fourth-order valence-corrected chi connectivity index (χ4v) is 4.55. The summed E-state index contributed by atoms with van der Waals surface area (Å²) in [5, 5.41) is 4.43. The summed E-state index contributed by atoms with van der Waals surface area (Å²) in [6.45, 7) is 2.10. The molecule has 5 rings (SSSR count). The van der Waals surface area contributed by atoms with E-state index >= 15 is 0 Å². The van der Waals surface area contributed by atoms with Crippen molar-refractivity contribution in [3.63, 3.8) is 0 Å². The molecule has 0 unspecified atom stereocenters. The van der Waals surface area contributed by atoms with E-state index in [0.717, 1.165) is 21.2 Å². The highest BCUT2D eigenvalue weighted by Gasteiger charge is 2.37. The Bertz CT molecular complexity index is 1680. The van der Waals surface area contributed by atoms with Gasteiger partial charge in [-0.15, -0.1) is 0 Å². The molecule has 1 fully saturated rings. The summed E-state index contributed by atoms with van der Waals surface area (Å²) in [5.41, 5.74) is 1.54. The minimum absolute atomic E-state index is 0.185. The fourth-order valence-electron chi connectivity index (χ4n) is 4.34. The molecule has 4 amide bonds. The number of nitrogens with one attached hydrogen (secondary N) is 1. The molecule has 200 valence electrons. The number of anilines is 1. The van der Waals surface area contributed by atoms with E-state index in [9.17, 15) is 19.2 Å². The zero-order chi connectivity index (χ0) is 28.2. The zero-order valence-corrected chi connectivity index (χ0v) is 22.1. The Balaban J connectivity index is 1.53. The lowest BCUT2D eigenvalue weighted by Gasteiger charge is -2.26. The lowest BCUT2D eigenvalue weighted by Crippen LogP contribution is -2.54. The number of hydrogen-bond acceptors (Lipinski definition) is 6. The van der Waals surface area contributed by atoms with Crippen molar-refractivity contribution in [2.45, 2.75) is 13.5 Å². The molecular weight excluding hydrogens is 532 g/mol. The largest absolute Gasteiger partial charge is 0.488 e. The third-order valence-electron chi connectivity index (χ3n) is 6.24. The van der Waals surface area contributed by atoms with Gasteiger partial charge in [-0.1, -0.05) is 54.1 Å². The van der Waals surface area contributed by atoms with Crippen molar-refractivity contribution in [1.82, 2.24) is 5.32 Å². The van der Waals surface area contributed by atoms with Crippen LogP contribution in [-0.2, 0) is 20.9 Å². The zero-order valence-electron chi connectivity index (χ0n) is 21.3. The van der Waals surface area contributed by atoms with Gasteiger partial charge in [-0.3, -0.25) is 14.9 Å². The lowest BCUT2D eigenvalue weighted by atomic mass is 9.99. The van der Waals surface area contributed by atoms with Gasteiger partial charge in [-0.05, 0) is 71.8 Å². The SMILES string of the molecule is CCOC(=O)c1ccc(N2C(=O)NC(=O)/C(=C\c3c(OCc4cccc(Cl)c4)ccc4ccccc34)C2=O)cc1. The van der Waals surface area contributed by atoms with Crippen molar-refractivity contribution >= 4 is 58.0 Å². The Labute approximate surface area is 234 Å². The van der Waals surface area contributed by atoms with E-state index in [2.05, 4.69) is 5.32 Å². The number of esters is 1. The molecule has 1 N–H and O–H groups in total. The van der Waals surface area contributed by atoms with Gasteiger partial charge in [0.2, 0.25) is 0 Å². The van der Waals surface area contributed by atoms with Crippen LogP contribution in [0.15, 0.2) is 90.5 Å². The first-order valence-electron chi connectivity index (χ1n) is 12.4. The number of fused-ring (bicyclic) bond motifs is 1. The third-order valence-corrected chi connectivity index (χ3v) is 6.48. The van der Waals surface area contributed by atoms with Crippen molar-refractivity contribution in [2.75, 3.05) is 11.5 Å². The third kappa shape index (κ3) is 5.43. The number of rotatable bonds is 7. The average molecular weight is 555 g/mol. The number of amides is 4. The van der Waals surface area contributed by atoms with Crippen LogP contribution < -0.4 is 15.0 Å². The molecule has 4 aromatic rings. The van der Waals surface area contributed by atoms with E-state index in [4.69, 9.17) is 21.1 Å². The van der Waals surface area contributed by atoms with Crippen LogP contribution in [0.4, 0.5) is 10.5 Å². The number of nitrogens with zero attached hydrogens (tertiary/aromatic N) is 1. The van der Waals surface area contributed by atoms with Gasteiger partial charge in [0, 0.05) is 10.6 Å². The minimum Gasteiger partial charge on any atom is -0.488 e. The molecule has 9 heteroatoms. The first kappa shape index (κ1) is 26.6. The maximum Gasteiger partial charge on any atom is 0.338 e. The number of benzene rings is 4. The molecule has 0 aliphatic carbocycles. The molecule has 8 nitrogen and oxygen atoms in total. The smallest absolute Gasteiger partial charge is 0.338 e. The van der Waals surface area contributed by atoms with Crippen LogP contribution in [0.3, 0.4) is 0 Å². The van der Waals surface area contributed by atoms with Gasteiger partial charge in [0.05, 0.1) is 17.9 Å². The Hall–Kier alpha value is -4.95. The molecule has 0 saturated carbocycles. The Morgan fingerprint density at radius 1 is 0.950 bits per heavy atom. The number of carbonyl (C=O) groups excluding carboxylic acids is 4. The maximum absolute atomic E-state index is 13.6. The fraction of sp³-hybridized carbons (Fsp3) is 0.0968. The number of hydrogen-bond donors (Lipinski definition) is 1. The number of ether oxygens (including phenoxy) is 2. The van der Waals surface area contributed by atoms with Crippen LogP contribution in [-0.4, -0.2) is 30.4 Å². The van der Waals surface area contributed by atoms with Gasteiger partial charge in [-0.2, -0.15) is 0 Å². The van der Waals surface area contributed by atoms with E-state index in [0.29, 0.717) is 16.3 Å². The number of carbonyl (C=O) groups is 4. The maximum atomic E-state index is 13.6. The summed E-state index contributed by atoms with van der Waals surface area (Å²) in [4.78, 5) is 52.0. The highest BCUT2D eigenvalue weighted by Crippen LogP contribution is 2.32. The predicted molar refractivity (Wildman–Crippen MR) is 151 cm³/mol. The summed E-state index contributed by atoms with van der Waals surface area (Å²) < 4.78 is 11.1. The second-order valence-corrected chi connectivity index (χ2v) is 9.28. The molecule has 0 aromatic heterocycles. The summed E-state index contributed by atoms with van der Waals surface area (Å²) in [7, 11) is 0. The van der Waals surface area contributed by atoms with E-state index in [-0.39, 0.29) is 30.0 Å². The quantitative estimate of drug-likeness (QED) is 0.173. The van der Waals surface area contributed by atoms with Gasteiger partial charge in [0.15, 0.2) is 0 Å². The number of halogens is 1. The molecular formula is C31H23ClN2O6. The van der Waals surface area contributed by atoms with Crippen LogP contribution in [0.25, 0.3) is 16.8 Å². The molecule has 4 aromatic carbocycles. The average Bonchev–Trinajstić information content (AvgIpc) is 2.95. The Morgan fingerprint density at radius 3 is 2.48 bits per heavy atom. The number of urea groups is 1. The monoisotopic (exact) mass is 554 g/mol. The minimum atomic E-state index is -0.897. The molecule has 1 saturated heterocycles. The first-order chi connectivity index (χ1) is 19.4. The molecule has 0 radical (unpaired) electrons. The highest BCUT2D eigenvalue weighted by atomic mass is 35.5. The lowest BCUT2D eigenvalue weighted by molar-refractivity contribution is -0.122. The van der Waals surface area contributed by atoms with E-state index < -0.39 is 23.8 Å². The van der Waals surface area contributed by atoms with Gasteiger partial charge in [-0.25, -0.2) is 14.5 Å². The molecule has 1 aliphatic heterocycles. The summed E-state index contributed by atoms with van der Waals surface area (Å²) in [6, 6.07) is 23.3. The van der Waals surface area contributed by atoms with Gasteiger partial charge in [0.1, 0.15) is 17.9 Å². The van der Waals surface area contributed by atoms with Crippen LogP contribution in [0.5, 0.6) is 5.75 Å². The van der Waals surface area contributed by atoms with Crippen molar-refractivity contribution < 1.29 is 28.7 Å². The van der Waals surface area contributed by atoms with Crippen LogP contribution in [0.1, 0.15) is 28.4 Å². The van der Waals surface area contributed by atoms with Crippen LogP contribution >= 0.6 is 11.6 Å². The topological polar surface area (TPSA) is 102 Å². The molecule has 1 heterocycles. The van der Waals surface area contributed by atoms with Crippen LogP contribution in [0.2, 0.25) is 5.02 Å². The first-order valence-corrected chi connectivity index (χ1v) is 12.8. The summed E-state index contributed by atoms with van der Waals surface area (Å²) in [5.74, 6) is -1.73. The Morgan fingerprint density at radius 2 is 1.73 bits per heavy atom. The molecule has 1 aliphatic rings. The molecule has 40 heavy (non-hydrogen) atoms. The number of imide groups is 2. The molecule has 0 bridgehead atoms. The van der Waals surface area contributed by atoms with E-state index in [1.165, 1.54) is 30.3 Å². The highest BCUT2D eigenvalue weighted by molar-refractivity contribution is 6.39. The van der Waals surface area contributed by atoms with Gasteiger partial charge >= 0.3 is 12.0 Å². The second kappa shape index (κ2) is 11.4. The van der Waals surface area contributed by atoms with E-state index in [1.54, 1.807) is 25.1 Å². The van der Waals surface area contributed by atoms with Gasteiger partial charge < -0.3 is 9.47 Å². The standard InChI is InChI=1S/C31H23ClN2O6/c1-2-39-30(37)21-10-13-23(14-11-21)34-29(36)26(28(35)33-31(34)38)17-25-24-9-4-3-7-20(24)12-15-27(25)40-18-19-6-5-8-22(32)16-19/h3-17H,2,18H2,1H3,(H,33,35,38)/b26-17+. The van der Waals surface area contributed by atoms with Gasteiger partial charge in [0.25, 0.3) is 11.8 Å². The van der Waals surface area contributed by atoms with Crippen molar-refractivity contribution in [2.24, 2.45) is 0 Å². The Kier molecular flexibility index (Phi) is 7.61. The van der Waals surface area contributed by atoms with Crippen LogP contribution in [0, 0.1) is 0 Å². The molecule has 0 atom stereocenters. The molecule has 0 spiro atoms. The van der Waals surface area contributed by atoms with Crippen molar-refractivity contribution in [1.29, 1.82) is 0 Å². The normalized spacial score (nSPS) is 14.4. The predicted octanol–water partition coefficient (Wildman–Crippen LogP) is 5.92.